The van der Waals surface area contributed by atoms with Crippen molar-refractivity contribution < 1.29 is 19.1 Å². The van der Waals surface area contributed by atoms with E-state index in [0.29, 0.717) is 28.6 Å². The lowest BCUT2D eigenvalue weighted by atomic mass is 10.1. The Morgan fingerprint density at radius 3 is 2.66 bits per heavy atom. The summed E-state index contributed by atoms with van der Waals surface area (Å²) in [6.07, 6.45) is 0.147. The molecule has 0 bridgehead atoms. The molecule has 2 N–H and O–H groups in total. The summed E-state index contributed by atoms with van der Waals surface area (Å²) in [6, 6.07) is 13.8. The van der Waals surface area contributed by atoms with Gasteiger partial charge in [-0.1, -0.05) is 23.7 Å². The Labute approximate surface area is 174 Å². The number of anilines is 1. The molecule has 1 atom stereocenters. The maximum Gasteiger partial charge on any atom is 0.251 e. The number of amides is 3. The molecule has 0 aliphatic carbocycles. The first-order chi connectivity index (χ1) is 14.0. The molecule has 2 aromatic carbocycles. The van der Waals surface area contributed by atoms with Crippen LogP contribution in [0.4, 0.5) is 5.69 Å². The van der Waals surface area contributed by atoms with E-state index >= 15 is 0 Å². The predicted molar refractivity (Wildman–Crippen MR) is 110 cm³/mol. The van der Waals surface area contributed by atoms with Gasteiger partial charge in [-0.05, 0) is 36.4 Å². The molecule has 8 heteroatoms. The second-order valence-electron chi connectivity index (χ2n) is 6.66. The van der Waals surface area contributed by atoms with E-state index in [-0.39, 0.29) is 37.2 Å². The van der Waals surface area contributed by atoms with E-state index in [9.17, 15) is 14.4 Å². The summed E-state index contributed by atoms with van der Waals surface area (Å²) in [4.78, 5) is 38.4. The monoisotopic (exact) mass is 415 g/mol. The standard InChI is InChI=1S/C21H22ClN3O4/c1-29-18-7-2-4-14(10-18)20(27)23-8-9-24-21(28)15-11-19(26)25(13-15)17-6-3-5-16(22)12-17/h2-7,10,12,15H,8-9,11,13H2,1H3,(H,23,27)(H,24,28). The van der Waals surface area contributed by atoms with E-state index < -0.39 is 5.92 Å². The Bertz CT molecular complexity index is 918. The summed E-state index contributed by atoms with van der Waals surface area (Å²) in [5, 5.41) is 6.06. The Kier molecular flexibility index (Phi) is 6.72. The fourth-order valence-corrected chi connectivity index (χ4v) is 3.33. The number of nitrogens with zero attached hydrogens (tertiary/aromatic N) is 1. The van der Waals surface area contributed by atoms with Crippen LogP contribution in [0.3, 0.4) is 0 Å². The SMILES string of the molecule is COc1cccc(C(=O)NCCNC(=O)C2CC(=O)N(c3cccc(Cl)c3)C2)c1. The molecule has 2 aromatic rings. The Hall–Kier alpha value is -3.06. The van der Waals surface area contributed by atoms with E-state index in [1.165, 1.54) is 7.11 Å². The second-order valence-corrected chi connectivity index (χ2v) is 7.10. The molecule has 152 valence electrons. The van der Waals surface area contributed by atoms with Crippen molar-refractivity contribution in [2.24, 2.45) is 5.92 Å². The van der Waals surface area contributed by atoms with Gasteiger partial charge in [0.15, 0.2) is 0 Å². The summed E-state index contributed by atoms with van der Waals surface area (Å²) >= 11 is 5.98. The lowest BCUT2D eigenvalue weighted by molar-refractivity contribution is -0.126. The van der Waals surface area contributed by atoms with E-state index in [1.54, 1.807) is 53.4 Å². The number of rotatable bonds is 7. The third kappa shape index (κ3) is 5.26. The van der Waals surface area contributed by atoms with Crippen molar-refractivity contribution in [2.75, 3.05) is 31.6 Å². The molecule has 0 aromatic heterocycles. The zero-order chi connectivity index (χ0) is 20.8. The highest BCUT2D eigenvalue weighted by molar-refractivity contribution is 6.31. The van der Waals surface area contributed by atoms with Crippen molar-refractivity contribution in [3.63, 3.8) is 0 Å². The zero-order valence-electron chi connectivity index (χ0n) is 16.0. The highest BCUT2D eigenvalue weighted by Gasteiger charge is 2.35. The van der Waals surface area contributed by atoms with E-state index in [0.717, 1.165) is 0 Å². The van der Waals surface area contributed by atoms with Gasteiger partial charge in [0.1, 0.15) is 5.75 Å². The van der Waals surface area contributed by atoms with Gasteiger partial charge in [0.05, 0.1) is 13.0 Å². The lowest BCUT2D eigenvalue weighted by Crippen LogP contribution is -2.38. The summed E-state index contributed by atoms with van der Waals surface area (Å²) in [5.41, 5.74) is 1.16. The minimum Gasteiger partial charge on any atom is -0.497 e. The maximum absolute atomic E-state index is 12.4. The van der Waals surface area contributed by atoms with Gasteiger partial charge in [0.2, 0.25) is 11.8 Å². The molecule has 29 heavy (non-hydrogen) atoms. The molecule has 3 amide bonds. The van der Waals surface area contributed by atoms with Crippen LogP contribution in [0.1, 0.15) is 16.8 Å². The Morgan fingerprint density at radius 1 is 1.14 bits per heavy atom. The Balaban J connectivity index is 1.45. The molecule has 0 saturated carbocycles. The van der Waals surface area contributed by atoms with Gasteiger partial charge in [0.25, 0.3) is 5.91 Å². The van der Waals surface area contributed by atoms with Crippen LogP contribution in [-0.2, 0) is 9.59 Å². The minimum atomic E-state index is -0.435. The number of hydrogen-bond acceptors (Lipinski definition) is 4. The number of halogens is 1. The minimum absolute atomic E-state index is 0.112. The third-order valence-corrected chi connectivity index (χ3v) is 4.89. The fourth-order valence-electron chi connectivity index (χ4n) is 3.15. The molecule has 7 nitrogen and oxygen atoms in total. The first-order valence-electron chi connectivity index (χ1n) is 9.24. The highest BCUT2D eigenvalue weighted by atomic mass is 35.5. The average molecular weight is 416 g/mol. The van der Waals surface area contributed by atoms with Gasteiger partial charge in [-0.2, -0.15) is 0 Å². The number of nitrogens with one attached hydrogen (secondary N) is 2. The van der Waals surface area contributed by atoms with Crippen LogP contribution in [0.2, 0.25) is 5.02 Å². The molecule has 1 fully saturated rings. The highest BCUT2D eigenvalue weighted by Crippen LogP contribution is 2.27. The largest absolute Gasteiger partial charge is 0.497 e. The third-order valence-electron chi connectivity index (χ3n) is 4.66. The van der Waals surface area contributed by atoms with Gasteiger partial charge < -0.3 is 20.3 Å². The molecule has 1 heterocycles. The normalized spacial score (nSPS) is 15.9. The van der Waals surface area contributed by atoms with Crippen LogP contribution >= 0.6 is 11.6 Å². The van der Waals surface area contributed by atoms with Gasteiger partial charge in [-0.15, -0.1) is 0 Å². The summed E-state index contributed by atoms with van der Waals surface area (Å²) in [6.45, 7) is 0.859. The number of carbonyl (C=O) groups is 3. The summed E-state index contributed by atoms with van der Waals surface area (Å²) < 4.78 is 5.10. The summed E-state index contributed by atoms with van der Waals surface area (Å²) in [7, 11) is 1.54. The molecule has 3 rings (SSSR count). The molecule has 1 unspecified atom stereocenters. The van der Waals surface area contributed by atoms with Crippen molar-refractivity contribution in [2.45, 2.75) is 6.42 Å². The van der Waals surface area contributed by atoms with E-state index in [2.05, 4.69) is 10.6 Å². The number of ether oxygens (including phenoxy) is 1. The van der Waals surface area contributed by atoms with Crippen LogP contribution in [0.5, 0.6) is 5.75 Å². The molecule has 0 spiro atoms. The smallest absolute Gasteiger partial charge is 0.251 e. The first-order valence-corrected chi connectivity index (χ1v) is 9.61. The van der Waals surface area contributed by atoms with Crippen LogP contribution in [0.25, 0.3) is 0 Å². The fraction of sp³-hybridized carbons (Fsp3) is 0.286. The number of carbonyl (C=O) groups excluding carboxylic acids is 3. The van der Waals surface area contributed by atoms with E-state index in [1.807, 2.05) is 0 Å². The van der Waals surface area contributed by atoms with Crippen LogP contribution < -0.4 is 20.3 Å². The maximum atomic E-state index is 12.4. The molecular formula is C21H22ClN3O4. The van der Waals surface area contributed by atoms with Gasteiger partial charge in [0, 0.05) is 42.3 Å². The van der Waals surface area contributed by atoms with Gasteiger partial charge in [-0.25, -0.2) is 0 Å². The second kappa shape index (κ2) is 9.43. The van der Waals surface area contributed by atoms with Gasteiger partial charge in [-0.3, -0.25) is 14.4 Å². The van der Waals surface area contributed by atoms with Crippen LogP contribution in [0, 0.1) is 5.92 Å². The average Bonchev–Trinajstić information content (AvgIpc) is 3.12. The lowest BCUT2D eigenvalue weighted by Gasteiger charge is -2.17. The number of hydrogen-bond donors (Lipinski definition) is 2. The molecule has 0 radical (unpaired) electrons. The van der Waals surface area contributed by atoms with Crippen molar-refractivity contribution in [3.8, 4) is 5.75 Å². The predicted octanol–water partition coefficient (Wildman–Crippen LogP) is 2.25. The van der Waals surface area contributed by atoms with Crippen molar-refractivity contribution in [1.82, 2.24) is 10.6 Å². The molecular weight excluding hydrogens is 394 g/mol. The molecule has 1 saturated heterocycles. The molecule has 1 aliphatic rings. The molecule has 1 aliphatic heterocycles. The number of benzene rings is 2. The zero-order valence-corrected chi connectivity index (χ0v) is 16.7. The summed E-state index contributed by atoms with van der Waals surface area (Å²) in [5.74, 6) is -0.407. The van der Waals surface area contributed by atoms with Crippen molar-refractivity contribution in [3.05, 3.63) is 59.1 Å². The van der Waals surface area contributed by atoms with Crippen molar-refractivity contribution >= 4 is 35.0 Å². The quantitative estimate of drug-likeness (QED) is 0.679. The number of methoxy groups -OCH3 is 1. The van der Waals surface area contributed by atoms with Crippen LogP contribution in [0.15, 0.2) is 48.5 Å². The van der Waals surface area contributed by atoms with Crippen LogP contribution in [-0.4, -0.2) is 44.5 Å². The Morgan fingerprint density at radius 2 is 1.90 bits per heavy atom. The van der Waals surface area contributed by atoms with Gasteiger partial charge >= 0.3 is 0 Å². The topological polar surface area (TPSA) is 87.7 Å². The first kappa shape index (κ1) is 20.7. The van der Waals surface area contributed by atoms with E-state index in [4.69, 9.17) is 16.3 Å². The van der Waals surface area contributed by atoms with Crippen molar-refractivity contribution in [1.29, 1.82) is 0 Å².